The van der Waals surface area contributed by atoms with Gasteiger partial charge < -0.3 is 0 Å². The number of rotatable bonds is 5. The fourth-order valence-electron chi connectivity index (χ4n) is 3.29. The average molecular weight is 241 g/mol. The van der Waals surface area contributed by atoms with Gasteiger partial charge in [-0.3, -0.25) is 0 Å². The highest BCUT2D eigenvalue weighted by atomic mass is 14.3. The Bertz CT molecular complexity index is 386. The van der Waals surface area contributed by atoms with Gasteiger partial charge in [-0.2, -0.15) is 0 Å². The van der Waals surface area contributed by atoms with Crippen molar-refractivity contribution in [1.29, 1.82) is 0 Å². The molecule has 0 nitrogen and oxygen atoms in total. The van der Waals surface area contributed by atoms with Crippen LogP contribution >= 0.6 is 0 Å². The van der Waals surface area contributed by atoms with Crippen molar-refractivity contribution in [3.8, 4) is 0 Å². The highest BCUT2D eigenvalue weighted by Crippen LogP contribution is 2.40. The van der Waals surface area contributed by atoms with Crippen LogP contribution in [0.2, 0.25) is 0 Å². The Morgan fingerprint density at radius 1 is 1.22 bits per heavy atom. The lowest BCUT2D eigenvalue weighted by molar-refractivity contribution is 0.463. The maximum absolute atomic E-state index is 3.43. The first-order valence-electron chi connectivity index (χ1n) is 7.55. The van der Waals surface area contributed by atoms with Gasteiger partial charge in [-0.05, 0) is 55.2 Å². The summed E-state index contributed by atoms with van der Waals surface area (Å²) in [6, 6.07) is 11.9. The van der Waals surface area contributed by atoms with Crippen LogP contribution in [0.3, 0.4) is 0 Å². The van der Waals surface area contributed by atoms with Crippen LogP contribution < -0.4 is 0 Å². The van der Waals surface area contributed by atoms with Crippen LogP contribution in [0.25, 0.3) is 5.57 Å². The van der Waals surface area contributed by atoms with Gasteiger partial charge in [0.15, 0.2) is 0 Å². The molecule has 0 heterocycles. The van der Waals surface area contributed by atoms with Crippen LogP contribution in [0.4, 0.5) is 0 Å². The van der Waals surface area contributed by atoms with Gasteiger partial charge in [0.2, 0.25) is 0 Å². The molecule has 1 radical (unpaired) electrons. The molecule has 0 fully saturated rings. The number of hydrogen-bond acceptors (Lipinski definition) is 0. The Balaban J connectivity index is 2.34. The molecule has 1 unspecified atom stereocenters. The molecule has 0 saturated heterocycles. The highest BCUT2D eigenvalue weighted by Gasteiger charge is 2.22. The number of hydrogen-bond donors (Lipinski definition) is 0. The first kappa shape index (κ1) is 13.4. The topological polar surface area (TPSA) is 0 Å². The second-order valence-corrected chi connectivity index (χ2v) is 5.41. The third-order valence-electron chi connectivity index (χ3n) is 4.05. The predicted octanol–water partition coefficient (Wildman–Crippen LogP) is 5.64. The molecule has 0 N–H and O–H groups in total. The standard InChI is InChI=1S/C18H25/c1-3-9-15-13-8-14-18(17(15)10-4-2)16-11-6-5-7-12-16/h5-7,11,15H,3-4,8-10,13-14H2,1-2H3. The van der Waals surface area contributed by atoms with E-state index in [1.165, 1.54) is 50.5 Å². The van der Waals surface area contributed by atoms with Crippen molar-refractivity contribution >= 4 is 5.57 Å². The molecule has 0 amide bonds. The van der Waals surface area contributed by atoms with Crippen molar-refractivity contribution in [1.82, 2.24) is 0 Å². The summed E-state index contributed by atoms with van der Waals surface area (Å²) >= 11 is 0. The second kappa shape index (κ2) is 6.78. The molecular formula is C18H25. The third-order valence-corrected chi connectivity index (χ3v) is 4.05. The molecular weight excluding hydrogens is 216 g/mol. The molecule has 1 aliphatic carbocycles. The molecule has 97 valence electrons. The van der Waals surface area contributed by atoms with E-state index in [1.54, 1.807) is 11.1 Å². The summed E-state index contributed by atoms with van der Waals surface area (Å²) in [5, 5.41) is 0. The van der Waals surface area contributed by atoms with Crippen molar-refractivity contribution in [3.63, 3.8) is 0 Å². The molecule has 0 aromatic heterocycles. The van der Waals surface area contributed by atoms with Crippen molar-refractivity contribution in [3.05, 3.63) is 41.5 Å². The van der Waals surface area contributed by atoms with Crippen LogP contribution in [0, 0.1) is 12.0 Å². The van der Waals surface area contributed by atoms with E-state index in [9.17, 15) is 0 Å². The molecule has 18 heavy (non-hydrogen) atoms. The second-order valence-electron chi connectivity index (χ2n) is 5.41. The summed E-state index contributed by atoms with van der Waals surface area (Å²) in [5.41, 5.74) is 4.71. The normalized spacial score (nSPS) is 20.2. The van der Waals surface area contributed by atoms with Crippen LogP contribution in [-0.2, 0) is 0 Å². The summed E-state index contributed by atoms with van der Waals surface area (Å²) < 4.78 is 0. The molecule has 0 saturated carbocycles. The zero-order valence-electron chi connectivity index (χ0n) is 11.8. The summed E-state index contributed by atoms with van der Waals surface area (Å²) in [6.45, 7) is 4.61. The maximum Gasteiger partial charge on any atom is -0.0103 e. The predicted molar refractivity (Wildman–Crippen MR) is 79.4 cm³/mol. The monoisotopic (exact) mass is 241 g/mol. The first-order chi connectivity index (χ1) is 8.86. The molecule has 2 rings (SSSR count). The minimum atomic E-state index is 0.840. The SMILES string of the molecule is CCCC1=C(c2[c]cccc2)CCCC1CCC. The summed E-state index contributed by atoms with van der Waals surface area (Å²) in [7, 11) is 0. The molecule has 0 heteroatoms. The van der Waals surface area contributed by atoms with E-state index in [1.807, 2.05) is 0 Å². The molecule has 0 aliphatic heterocycles. The molecule has 1 atom stereocenters. The van der Waals surface area contributed by atoms with Crippen molar-refractivity contribution in [2.45, 2.75) is 58.8 Å². The number of allylic oxidation sites excluding steroid dienone is 2. The van der Waals surface area contributed by atoms with Crippen LogP contribution in [0.1, 0.15) is 64.4 Å². The number of benzene rings is 1. The van der Waals surface area contributed by atoms with E-state index < -0.39 is 0 Å². The van der Waals surface area contributed by atoms with E-state index in [0.29, 0.717) is 0 Å². The Morgan fingerprint density at radius 3 is 2.78 bits per heavy atom. The smallest absolute Gasteiger partial charge is 0.0103 e. The Labute approximate surface area is 112 Å². The van der Waals surface area contributed by atoms with Crippen LogP contribution in [-0.4, -0.2) is 0 Å². The van der Waals surface area contributed by atoms with E-state index in [4.69, 9.17) is 0 Å². The Morgan fingerprint density at radius 2 is 2.11 bits per heavy atom. The summed E-state index contributed by atoms with van der Waals surface area (Å²) in [6.07, 6.45) is 9.25. The lowest BCUT2D eigenvalue weighted by Crippen LogP contribution is -2.12. The van der Waals surface area contributed by atoms with Crippen molar-refractivity contribution in [2.24, 2.45) is 5.92 Å². The quantitative estimate of drug-likeness (QED) is 0.625. The summed E-state index contributed by atoms with van der Waals surface area (Å²) in [4.78, 5) is 0. The summed E-state index contributed by atoms with van der Waals surface area (Å²) in [5.74, 6) is 0.840. The molecule has 1 aliphatic rings. The zero-order chi connectivity index (χ0) is 12.8. The van der Waals surface area contributed by atoms with E-state index in [2.05, 4.69) is 44.2 Å². The van der Waals surface area contributed by atoms with E-state index >= 15 is 0 Å². The zero-order valence-corrected chi connectivity index (χ0v) is 11.8. The van der Waals surface area contributed by atoms with E-state index in [0.717, 1.165) is 5.92 Å². The van der Waals surface area contributed by atoms with E-state index in [-0.39, 0.29) is 0 Å². The Hall–Kier alpha value is -1.04. The highest BCUT2D eigenvalue weighted by molar-refractivity contribution is 5.69. The molecule has 0 bridgehead atoms. The van der Waals surface area contributed by atoms with Gasteiger partial charge in [0.25, 0.3) is 0 Å². The van der Waals surface area contributed by atoms with Gasteiger partial charge in [-0.25, -0.2) is 0 Å². The van der Waals surface area contributed by atoms with Crippen molar-refractivity contribution in [2.75, 3.05) is 0 Å². The van der Waals surface area contributed by atoms with Crippen LogP contribution in [0.15, 0.2) is 29.8 Å². The first-order valence-corrected chi connectivity index (χ1v) is 7.55. The fourth-order valence-corrected chi connectivity index (χ4v) is 3.29. The van der Waals surface area contributed by atoms with Gasteiger partial charge in [-0.1, -0.05) is 56.5 Å². The van der Waals surface area contributed by atoms with Gasteiger partial charge in [0, 0.05) is 0 Å². The van der Waals surface area contributed by atoms with Gasteiger partial charge in [-0.15, -0.1) is 0 Å². The lowest BCUT2D eigenvalue weighted by atomic mass is 9.76. The Kier molecular flexibility index (Phi) is 5.04. The van der Waals surface area contributed by atoms with Gasteiger partial charge >= 0.3 is 0 Å². The van der Waals surface area contributed by atoms with Crippen LogP contribution in [0.5, 0.6) is 0 Å². The van der Waals surface area contributed by atoms with Gasteiger partial charge in [0.05, 0.1) is 0 Å². The average Bonchev–Trinajstić information content (AvgIpc) is 2.42. The maximum atomic E-state index is 3.43. The van der Waals surface area contributed by atoms with Crippen molar-refractivity contribution < 1.29 is 0 Å². The lowest BCUT2D eigenvalue weighted by Gasteiger charge is -2.29. The van der Waals surface area contributed by atoms with Gasteiger partial charge in [0.1, 0.15) is 0 Å². The largest absolute Gasteiger partial charge is 0.0654 e. The molecule has 0 spiro atoms. The minimum absolute atomic E-state index is 0.840. The molecule has 1 aromatic carbocycles. The molecule has 1 aromatic rings. The minimum Gasteiger partial charge on any atom is -0.0654 e. The third kappa shape index (κ3) is 3.04. The fraction of sp³-hybridized carbons (Fsp3) is 0.556.